The van der Waals surface area contributed by atoms with E-state index in [1.165, 1.54) is 6.07 Å². The summed E-state index contributed by atoms with van der Waals surface area (Å²) in [6, 6.07) is 24.3. The number of thioether (sulfide) groups is 1. The topological polar surface area (TPSA) is 39.9 Å². The van der Waals surface area contributed by atoms with Crippen LogP contribution in [0.5, 0.6) is 5.75 Å². The molecule has 150 valence electrons. The summed E-state index contributed by atoms with van der Waals surface area (Å²) in [7, 11) is 1.62. The number of nitrogens with zero attached hydrogens (tertiary/aromatic N) is 3. The van der Waals surface area contributed by atoms with E-state index in [-0.39, 0.29) is 5.82 Å². The van der Waals surface area contributed by atoms with Gasteiger partial charge in [-0.15, -0.1) is 10.2 Å². The van der Waals surface area contributed by atoms with Crippen LogP contribution in [0.1, 0.15) is 5.56 Å². The van der Waals surface area contributed by atoms with Crippen molar-refractivity contribution in [2.45, 2.75) is 5.16 Å². The zero-order valence-electron chi connectivity index (χ0n) is 16.4. The Morgan fingerprint density at radius 2 is 1.67 bits per heavy atom. The molecule has 1 heterocycles. The summed E-state index contributed by atoms with van der Waals surface area (Å²) in [5, 5.41) is 9.33. The van der Waals surface area contributed by atoms with Crippen LogP contribution in [0.3, 0.4) is 0 Å². The minimum Gasteiger partial charge on any atom is -0.497 e. The molecule has 1 aromatic heterocycles. The first-order valence-electron chi connectivity index (χ1n) is 9.45. The molecule has 0 bridgehead atoms. The van der Waals surface area contributed by atoms with Gasteiger partial charge in [0.05, 0.1) is 18.4 Å². The van der Waals surface area contributed by atoms with Crippen LogP contribution < -0.4 is 4.74 Å². The molecule has 0 unspecified atom stereocenters. The summed E-state index contributed by atoms with van der Waals surface area (Å²) in [6.45, 7) is 0. The Balaban J connectivity index is 1.66. The van der Waals surface area contributed by atoms with Gasteiger partial charge in [-0.2, -0.15) is 0 Å². The van der Waals surface area contributed by atoms with Crippen LogP contribution in [-0.2, 0) is 0 Å². The number of halogens is 1. The van der Waals surface area contributed by atoms with E-state index in [2.05, 4.69) is 34.5 Å². The Morgan fingerprint density at radius 3 is 2.40 bits per heavy atom. The van der Waals surface area contributed by atoms with Gasteiger partial charge in [0.2, 0.25) is 0 Å². The van der Waals surface area contributed by atoms with Crippen molar-refractivity contribution in [3.8, 4) is 22.8 Å². The van der Waals surface area contributed by atoms with Crippen LogP contribution in [-0.4, -0.2) is 27.6 Å². The van der Waals surface area contributed by atoms with Crippen molar-refractivity contribution in [1.29, 1.82) is 0 Å². The Morgan fingerprint density at radius 1 is 0.933 bits per heavy atom. The first-order valence-corrected chi connectivity index (χ1v) is 10.4. The van der Waals surface area contributed by atoms with Gasteiger partial charge in [0.1, 0.15) is 11.6 Å². The fourth-order valence-electron chi connectivity index (χ4n) is 3.02. The summed E-state index contributed by atoms with van der Waals surface area (Å²) in [5.74, 6) is 1.59. The molecule has 0 aliphatic rings. The predicted molar refractivity (Wildman–Crippen MR) is 120 cm³/mol. The summed E-state index contributed by atoms with van der Waals surface area (Å²) in [6.07, 6.45) is 4.15. The molecule has 0 atom stereocenters. The molecule has 0 aliphatic carbocycles. The summed E-state index contributed by atoms with van der Waals surface area (Å²) >= 11 is 1.54. The van der Waals surface area contributed by atoms with Crippen LogP contribution in [0, 0.1) is 5.82 Å². The lowest BCUT2D eigenvalue weighted by atomic mass is 10.2. The van der Waals surface area contributed by atoms with Gasteiger partial charge in [-0.1, -0.05) is 66.4 Å². The van der Waals surface area contributed by atoms with E-state index in [0.29, 0.717) is 22.3 Å². The third-order valence-electron chi connectivity index (χ3n) is 4.50. The van der Waals surface area contributed by atoms with Gasteiger partial charge >= 0.3 is 0 Å². The van der Waals surface area contributed by atoms with Gasteiger partial charge in [-0.3, -0.25) is 4.57 Å². The van der Waals surface area contributed by atoms with E-state index in [4.69, 9.17) is 4.74 Å². The minimum atomic E-state index is -0.333. The van der Waals surface area contributed by atoms with Crippen LogP contribution in [0.25, 0.3) is 23.2 Å². The van der Waals surface area contributed by atoms with E-state index in [1.807, 2.05) is 47.0 Å². The summed E-state index contributed by atoms with van der Waals surface area (Å²) < 4.78 is 21.6. The van der Waals surface area contributed by atoms with Gasteiger partial charge in [0.25, 0.3) is 0 Å². The number of aromatic nitrogens is 3. The smallest absolute Gasteiger partial charge is 0.196 e. The average Bonchev–Trinajstić information content (AvgIpc) is 3.21. The molecular weight excluding hydrogens is 397 g/mol. The fraction of sp³-hybridized carbons (Fsp3) is 0.0833. The Kier molecular flexibility index (Phi) is 6.25. The van der Waals surface area contributed by atoms with E-state index >= 15 is 0 Å². The lowest BCUT2D eigenvalue weighted by molar-refractivity contribution is 0.414. The summed E-state index contributed by atoms with van der Waals surface area (Å²) in [4.78, 5) is 0. The van der Waals surface area contributed by atoms with Crippen molar-refractivity contribution in [2.24, 2.45) is 0 Å². The fourth-order valence-corrected chi connectivity index (χ4v) is 3.78. The Labute approximate surface area is 179 Å². The van der Waals surface area contributed by atoms with Crippen molar-refractivity contribution < 1.29 is 9.13 Å². The molecule has 4 rings (SSSR count). The van der Waals surface area contributed by atoms with Crippen molar-refractivity contribution in [2.75, 3.05) is 12.9 Å². The van der Waals surface area contributed by atoms with Crippen LogP contribution in [0.15, 0.2) is 90.1 Å². The van der Waals surface area contributed by atoms with Crippen LogP contribution in [0.2, 0.25) is 0 Å². The normalized spacial score (nSPS) is 11.1. The molecule has 0 N–H and O–H groups in total. The quantitative estimate of drug-likeness (QED) is 0.352. The maximum atomic E-state index is 14.5. The third-order valence-corrected chi connectivity index (χ3v) is 5.38. The molecule has 4 nitrogen and oxygen atoms in total. The molecule has 3 aromatic carbocycles. The first kappa shape index (κ1) is 19.9. The highest BCUT2D eigenvalue weighted by Gasteiger charge is 2.18. The minimum absolute atomic E-state index is 0.333. The molecule has 30 heavy (non-hydrogen) atoms. The van der Waals surface area contributed by atoms with Crippen molar-refractivity contribution >= 4 is 17.8 Å². The maximum absolute atomic E-state index is 14.5. The highest BCUT2D eigenvalue weighted by molar-refractivity contribution is 7.99. The Bertz CT molecular complexity index is 1140. The highest BCUT2D eigenvalue weighted by Crippen LogP contribution is 2.30. The maximum Gasteiger partial charge on any atom is 0.196 e. The van der Waals surface area contributed by atoms with Crippen LogP contribution in [0.4, 0.5) is 4.39 Å². The number of hydrogen-bond donors (Lipinski definition) is 0. The lowest BCUT2D eigenvalue weighted by Crippen LogP contribution is -2.01. The van der Waals surface area contributed by atoms with Crippen molar-refractivity contribution in [3.05, 3.63) is 96.3 Å². The lowest BCUT2D eigenvalue weighted by Gasteiger charge is -2.11. The number of hydrogen-bond acceptors (Lipinski definition) is 4. The van der Waals surface area contributed by atoms with Gasteiger partial charge in [0, 0.05) is 5.75 Å². The molecule has 0 saturated carbocycles. The zero-order valence-corrected chi connectivity index (χ0v) is 17.2. The monoisotopic (exact) mass is 417 g/mol. The number of benzene rings is 3. The number of methoxy groups -OCH3 is 1. The van der Waals surface area contributed by atoms with E-state index in [0.717, 1.165) is 17.0 Å². The molecular formula is C24H20FN3OS. The molecule has 4 aromatic rings. The van der Waals surface area contributed by atoms with Gasteiger partial charge in [0.15, 0.2) is 11.0 Å². The zero-order chi connectivity index (χ0) is 20.8. The van der Waals surface area contributed by atoms with Crippen molar-refractivity contribution in [1.82, 2.24) is 14.8 Å². The predicted octanol–water partition coefficient (Wildman–Crippen LogP) is 5.89. The largest absolute Gasteiger partial charge is 0.497 e. The average molecular weight is 418 g/mol. The second-order valence-electron chi connectivity index (χ2n) is 6.44. The molecule has 0 fully saturated rings. The SMILES string of the molecule is COc1ccc(-n2c(SC/C=C/c3ccccc3)nnc2-c2ccccc2F)cc1. The third kappa shape index (κ3) is 4.44. The number of ether oxygens (including phenoxy) is 1. The highest BCUT2D eigenvalue weighted by atomic mass is 32.2. The van der Waals surface area contributed by atoms with Crippen LogP contribution >= 0.6 is 11.8 Å². The molecule has 0 spiro atoms. The van der Waals surface area contributed by atoms with Gasteiger partial charge in [-0.05, 0) is 42.0 Å². The van der Waals surface area contributed by atoms with Crippen molar-refractivity contribution in [3.63, 3.8) is 0 Å². The standard InChI is InChI=1S/C24H20FN3OS/c1-29-20-15-13-19(14-16-20)28-23(21-11-5-6-12-22(21)25)26-27-24(28)30-17-7-10-18-8-3-2-4-9-18/h2-16H,17H2,1H3/b10-7+. The second-order valence-corrected chi connectivity index (χ2v) is 7.43. The molecule has 0 saturated heterocycles. The molecule has 0 aliphatic heterocycles. The van der Waals surface area contributed by atoms with E-state index in [1.54, 1.807) is 37.1 Å². The molecule has 6 heteroatoms. The van der Waals surface area contributed by atoms with Gasteiger partial charge in [-0.25, -0.2) is 4.39 Å². The number of rotatable bonds is 7. The summed E-state index contributed by atoms with van der Waals surface area (Å²) in [5.41, 5.74) is 2.39. The van der Waals surface area contributed by atoms with E-state index in [9.17, 15) is 4.39 Å². The second kappa shape index (κ2) is 9.41. The van der Waals surface area contributed by atoms with E-state index < -0.39 is 0 Å². The molecule has 0 radical (unpaired) electrons. The first-order chi connectivity index (χ1) is 14.8. The van der Waals surface area contributed by atoms with Gasteiger partial charge < -0.3 is 4.74 Å². The Hall–Kier alpha value is -3.38. The molecule has 0 amide bonds.